The molecule has 0 radical (unpaired) electrons. The molecule has 0 saturated heterocycles. The lowest BCUT2D eigenvalue weighted by Crippen LogP contribution is -2.13. The van der Waals surface area contributed by atoms with Gasteiger partial charge in [0.25, 0.3) is 0 Å². The summed E-state index contributed by atoms with van der Waals surface area (Å²) < 4.78 is 26.7. The van der Waals surface area contributed by atoms with E-state index in [0.717, 1.165) is 11.1 Å². The van der Waals surface area contributed by atoms with Crippen molar-refractivity contribution in [3.8, 4) is 0 Å². The molecule has 4 heteroatoms. The monoisotopic (exact) mass is 279 g/mol. The Morgan fingerprint density at radius 3 is 2.58 bits per heavy atom. The lowest BCUT2D eigenvalue weighted by atomic mass is 10.1. The predicted molar refractivity (Wildman–Crippen MR) is 75.2 cm³/mol. The molecular formula is C15H15F2NS. The van der Waals surface area contributed by atoms with Crippen molar-refractivity contribution in [2.45, 2.75) is 17.9 Å². The second kappa shape index (κ2) is 6.17. The molecule has 0 saturated carbocycles. The molecule has 0 amide bonds. The van der Waals surface area contributed by atoms with E-state index in [1.54, 1.807) is 18.2 Å². The van der Waals surface area contributed by atoms with E-state index in [0.29, 0.717) is 10.6 Å². The summed E-state index contributed by atoms with van der Waals surface area (Å²) in [6.07, 6.45) is 0. The van der Waals surface area contributed by atoms with E-state index in [1.165, 1.54) is 30.0 Å². The third-order valence-electron chi connectivity index (χ3n) is 2.75. The van der Waals surface area contributed by atoms with Crippen LogP contribution in [-0.2, 0) is 0 Å². The van der Waals surface area contributed by atoms with Gasteiger partial charge in [0.15, 0.2) is 0 Å². The summed E-state index contributed by atoms with van der Waals surface area (Å²) in [4.78, 5) is 0.561. The Kier molecular flexibility index (Phi) is 4.56. The largest absolute Gasteiger partial charge is 0.323 e. The van der Waals surface area contributed by atoms with E-state index in [2.05, 4.69) is 0 Å². The molecule has 0 heterocycles. The third-order valence-corrected chi connectivity index (χ3v) is 3.92. The van der Waals surface area contributed by atoms with Crippen LogP contribution in [0, 0.1) is 18.6 Å². The highest BCUT2D eigenvalue weighted by Crippen LogP contribution is 2.26. The molecule has 2 N–H and O–H groups in total. The molecule has 2 aromatic carbocycles. The first-order chi connectivity index (χ1) is 9.06. The van der Waals surface area contributed by atoms with E-state index in [1.807, 2.05) is 13.0 Å². The molecule has 0 aliphatic rings. The van der Waals surface area contributed by atoms with Crippen LogP contribution in [0.2, 0.25) is 0 Å². The second-order valence-corrected chi connectivity index (χ2v) is 5.47. The summed E-state index contributed by atoms with van der Waals surface area (Å²) in [5.74, 6) is -0.0411. The molecule has 1 nitrogen and oxygen atoms in total. The van der Waals surface area contributed by atoms with Crippen molar-refractivity contribution in [3.63, 3.8) is 0 Å². The Balaban J connectivity index is 2.05. The average molecular weight is 279 g/mol. The standard InChI is InChI=1S/C15H15F2NS/c1-10-6-11(8-12(16)7-10)14(18)9-19-15-5-3-2-4-13(15)17/h2-8,14H,9,18H2,1H3. The zero-order chi connectivity index (χ0) is 13.8. The molecule has 2 aromatic rings. The van der Waals surface area contributed by atoms with Crippen LogP contribution < -0.4 is 5.73 Å². The first-order valence-corrected chi connectivity index (χ1v) is 6.95. The fraction of sp³-hybridized carbons (Fsp3) is 0.200. The summed E-state index contributed by atoms with van der Waals surface area (Å²) >= 11 is 1.34. The van der Waals surface area contributed by atoms with Gasteiger partial charge in [-0.3, -0.25) is 0 Å². The van der Waals surface area contributed by atoms with Crippen LogP contribution in [0.4, 0.5) is 8.78 Å². The normalized spacial score (nSPS) is 12.4. The molecule has 0 aromatic heterocycles. The molecule has 19 heavy (non-hydrogen) atoms. The van der Waals surface area contributed by atoms with Gasteiger partial charge < -0.3 is 5.73 Å². The fourth-order valence-electron chi connectivity index (χ4n) is 1.82. The lowest BCUT2D eigenvalue weighted by molar-refractivity contribution is 0.601. The highest BCUT2D eigenvalue weighted by molar-refractivity contribution is 7.99. The van der Waals surface area contributed by atoms with Crippen molar-refractivity contribution in [1.82, 2.24) is 0 Å². The molecule has 100 valence electrons. The zero-order valence-corrected chi connectivity index (χ0v) is 11.4. The highest BCUT2D eigenvalue weighted by atomic mass is 32.2. The van der Waals surface area contributed by atoms with Crippen molar-refractivity contribution in [3.05, 3.63) is 65.2 Å². The Morgan fingerprint density at radius 1 is 1.16 bits per heavy atom. The van der Waals surface area contributed by atoms with Gasteiger partial charge in [0.1, 0.15) is 11.6 Å². The molecular weight excluding hydrogens is 264 g/mol. The predicted octanol–water partition coefficient (Wildman–Crippen LogP) is 4.07. The summed E-state index contributed by atoms with van der Waals surface area (Å²) in [6, 6.07) is 11.0. The van der Waals surface area contributed by atoms with Crippen LogP contribution >= 0.6 is 11.8 Å². The first kappa shape index (κ1) is 14.0. The van der Waals surface area contributed by atoms with Gasteiger partial charge in [-0.25, -0.2) is 8.78 Å². The van der Waals surface area contributed by atoms with Crippen molar-refractivity contribution in [2.24, 2.45) is 5.73 Å². The Morgan fingerprint density at radius 2 is 1.89 bits per heavy atom. The van der Waals surface area contributed by atoms with Gasteiger partial charge in [-0.15, -0.1) is 11.8 Å². The van der Waals surface area contributed by atoms with E-state index >= 15 is 0 Å². The number of aryl methyl sites for hydroxylation is 1. The van der Waals surface area contributed by atoms with E-state index in [-0.39, 0.29) is 17.7 Å². The molecule has 2 rings (SSSR count). The maximum atomic E-state index is 13.4. The molecule has 0 spiro atoms. The Hall–Kier alpha value is -1.39. The summed E-state index contributed by atoms with van der Waals surface area (Å²) in [6.45, 7) is 1.82. The minimum absolute atomic E-state index is 0.255. The third kappa shape index (κ3) is 3.78. The quantitative estimate of drug-likeness (QED) is 0.854. The molecule has 0 aliphatic heterocycles. The fourth-order valence-corrected chi connectivity index (χ4v) is 2.75. The number of halogens is 2. The smallest absolute Gasteiger partial charge is 0.136 e. The van der Waals surface area contributed by atoms with Crippen molar-refractivity contribution < 1.29 is 8.78 Å². The Labute approximate surface area is 115 Å². The van der Waals surface area contributed by atoms with Gasteiger partial charge in [0.05, 0.1) is 0 Å². The van der Waals surface area contributed by atoms with Crippen molar-refractivity contribution in [2.75, 3.05) is 5.75 Å². The minimum atomic E-state index is -0.320. The number of benzene rings is 2. The van der Waals surface area contributed by atoms with E-state index < -0.39 is 0 Å². The maximum absolute atomic E-state index is 13.4. The van der Waals surface area contributed by atoms with Gasteiger partial charge >= 0.3 is 0 Å². The van der Waals surface area contributed by atoms with Gasteiger partial charge in [0, 0.05) is 16.7 Å². The molecule has 0 bridgehead atoms. The zero-order valence-electron chi connectivity index (χ0n) is 10.6. The van der Waals surface area contributed by atoms with Gasteiger partial charge in [-0.2, -0.15) is 0 Å². The maximum Gasteiger partial charge on any atom is 0.136 e. The van der Waals surface area contributed by atoms with Gasteiger partial charge in [0.2, 0.25) is 0 Å². The molecule has 1 atom stereocenters. The van der Waals surface area contributed by atoms with Crippen molar-refractivity contribution >= 4 is 11.8 Å². The number of hydrogen-bond donors (Lipinski definition) is 1. The van der Waals surface area contributed by atoms with Crippen LogP contribution in [0.1, 0.15) is 17.2 Å². The number of thioether (sulfide) groups is 1. The van der Waals surface area contributed by atoms with E-state index in [9.17, 15) is 8.78 Å². The van der Waals surface area contributed by atoms with Gasteiger partial charge in [-0.05, 0) is 42.3 Å². The van der Waals surface area contributed by atoms with Gasteiger partial charge in [-0.1, -0.05) is 18.2 Å². The average Bonchev–Trinajstić information content (AvgIpc) is 2.36. The molecule has 0 fully saturated rings. The van der Waals surface area contributed by atoms with Crippen LogP contribution in [0.15, 0.2) is 47.4 Å². The van der Waals surface area contributed by atoms with Crippen LogP contribution in [0.3, 0.4) is 0 Å². The van der Waals surface area contributed by atoms with E-state index in [4.69, 9.17) is 5.73 Å². The second-order valence-electron chi connectivity index (χ2n) is 4.41. The number of rotatable bonds is 4. The Bertz CT molecular complexity index is 552. The van der Waals surface area contributed by atoms with Crippen LogP contribution in [-0.4, -0.2) is 5.75 Å². The minimum Gasteiger partial charge on any atom is -0.323 e. The summed E-state index contributed by atoms with van der Waals surface area (Å²) in [5, 5.41) is 0. The van der Waals surface area contributed by atoms with Crippen LogP contribution in [0.25, 0.3) is 0 Å². The van der Waals surface area contributed by atoms with Crippen molar-refractivity contribution in [1.29, 1.82) is 0 Å². The topological polar surface area (TPSA) is 26.0 Å². The SMILES string of the molecule is Cc1cc(F)cc(C(N)CSc2ccccc2F)c1. The summed E-state index contributed by atoms with van der Waals surface area (Å²) in [5.41, 5.74) is 7.59. The lowest BCUT2D eigenvalue weighted by Gasteiger charge is -2.13. The van der Waals surface area contributed by atoms with Crippen LogP contribution in [0.5, 0.6) is 0 Å². The summed E-state index contributed by atoms with van der Waals surface area (Å²) in [7, 11) is 0. The molecule has 0 aliphatic carbocycles. The highest BCUT2D eigenvalue weighted by Gasteiger charge is 2.10. The first-order valence-electron chi connectivity index (χ1n) is 5.96. The number of nitrogens with two attached hydrogens (primary N) is 1. The molecule has 1 unspecified atom stereocenters. The number of hydrogen-bond acceptors (Lipinski definition) is 2.